The number of nitrogens with one attached hydrogen (secondary N) is 2. The number of hydrogen-bond acceptors (Lipinski definition) is 7. The van der Waals surface area contributed by atoms with Crippen molar-refractivity contribution in [1.29, 1.82) is 5.41 Å². The number of aliphatic imine (C=N–C) groups is 1. The average molecular weight is 438 g/mol. The van der Waals surface area contributed by atoms with Gasteiger partial charge in [-0.05, 0) is 63.2 Å². The Morgan fingerprint density at radius 3 is 2.78 bits per heavy atom. The van der Waals surface area contributed by atoms with E-state index < -0.39 is 5.82 Å². The maximum atomic E-state index is 13.4. The van der Waals surface area contributed by atoms with Crippen LogP contribution in [0.1, 0.15) is 36.2 Å². The second kappa shape index (κ2) is 12.1. The highest BCUT2D eigenvalue weighted by Gasteiger charge is 2.23. The third-order valence-electron chi connectivity index (χ3n) is 4.69. The van der Waals surface area contributed by atoms with Gasteiger partial charge in [0, 0.05) is 25.0 Å². The van der Waals surface area contributed by atoms with Crippen molar-refractivity contribution in [3.8, 4) is 0 Å². The van der Waals surface area contributed by atoms with Crippen LogP contribution in [0, 0.1) is 18.2 Å². The van der Waals surface area contributed by atoms with Crippen LogP contribution in [0.2, 0.25) is 0 Å². The molecule has 0 spiro atoms. The highest BCUT2D eigenvalue weighted by Crippen LogP contribution is 2.22. The average Bonchev–Trinajstić information content (AvgIpc) is 2.79. The van der Waals surface area contributed by atoms with Crippen molar-refractivity contribution in [1.82, 2.24) is 9.88 Å². The molecule has 1 aromatic heterocycles. The molecule has 0 saturated carbocycles. The van der Waals surface area contributed by atoms with E-state index >= 15 is 0 Å². The van der Waals surface area contributed by atoms with Crippen molar-refractivity contribution >= 4 is 36.1 Å². The number of halogens is 1. The Hall–Kier alpha value is -3.88. The molecule has 0 bridgehead atoms. The van der Waals surface area contributed by atoms with Gasteiger partial charge in [0.15, 0.2) is 5.82 Å². The van der Waals surface area contributed by atoms with Gasteiger partial charge in [0.1, 0.15) is 5.82 Å². The van der Waals surface area contributed by atoms with E-state index in [1.54, 1.807) is 23.2 Å². The number of aromatic nitrogens is 1. The number of amides is 1. The molecule has 0 aliphatic heterocycles. The lowest BCUT2D eigenvalue weighted by Crippen LogP contribution is -2.39. The summed E-state index contributed by atoms with van der Waals surface area (Å²) in [6.07, 6.45) is 6.92. The number of rotatable bonds is 10. The monoisotopic (exact) mass is 437 g/mol. The van der Waals surface area contributed by atoms with Crippen LogP contribution in [-0.4, -0.2) is 47.0 Å². The molecule has 0 aliphatic carbocycles. The van der Waals surface area contributed by atoms with Crippen molar-refractivity contribution in [2.75, 3.05) is 12.0 Å². The highest BCUT2D eigenvalue weighted by atomic mass is 19.1. The number of hydrazone groups is 1. The lowest BCUT2D eigenvalue weighted by Gasteiger charge is -2.29. The molecular weight excluding hydrogens is 409 g/mol. The van der Waals surface area contributed by atoms with Gasteiger partial charge < -0.3 is 16.0 Å². The van der Waals surface area contributed by atoms with Crippen molar-refractivity contribution in [2.24, 2.45) is 15.8 Å². The van der Waals surface area contributed by atoms with Gasteiger partial charge in [-0.25, -0.2) is 14.4 Å². The SMILES string of the molecule is CCN(C(=O)c1cc(C)ccc1N/N=C\C=N)C(C)CC(C=Nc1ccc(F)cn1)=CN. The number of carbonyl (C=O) groups is 1. The highest BCUT2D eigenvalue weighted by molar-refractivity contribution is 6.14. The van der Waals surface area contributed by atoms with E-state index in [2.05, 4.69) is 20.5 Å². The molecule has 0 aliphatic rings. The first-order valence-electron chi connectivity index (χ1n) is 10.2. The van der Waals surface area contributed by atoms with E-state index in [1.807, 2.05) is 26.8 Å². The minimum absolute atomic E-state index is 0.148. The van der Waals surface area contributed by atoms with E-state index in [1.165, 1.54) is 24.5 Å². The Balaban J connectivity index is 2.19. The maximum Gasteiger partial charge on any atom is 0.256 e. The summed E-state index contributed by atoms with van der Waals surface area (Å²) < 4.78 is 13.0. The molecule has 168 valence electrons. The summed E-state index contributed by atoms with van der Waals surface area (Å²) in [6, 6.07) is 8.06. The quantitative estimate of drug-likeness (QED) is 0.383. The number of carbonyl (C=O) groups excluding carboxylic acids is 1. The summed E-state index contributed by atoms with van der Waals surface area (Å²) in [7, 11) is 0. The number of benzene rings is 1. The number of nitrogens with zero attached hydrogens (tertiary/aromatic N) is 4. The molecule has 1 unspecified atom stereocenters. The molecule has 0 saturated heterocycles. The van der Waals surface area contributed by atoms with E-state index in [0.717, 1.165) is 18.0 Å². The van der Waals surface area contributed by atoms with Crippen molar-refractivity contribution in [2.45, 2.75) is 33.2 Å². The van der Waals surface area contributed by atoms with Crippen LogP contribution in [0.3, 0.4) is 0 Å². The van der Waals surface area contributed by atoms with Gasteiger partial charge in [-0.2, -0.15) is 5.10 Å². The molecule has 2 rings (SSSR count). The first kappa shape index (κ1) is 24.4. The minimum Gasteiger partial charge on any atom is -0.404 e. The van der Waals surface area contributed by atoms with Gasteiger partial charge in [-0.3, -0.25) is 10.2 Å². The summed E-state index contributed by atoms with van der Waals surface area (Å²) in [6.45, 7) is 6.25. The predicted molar refractivity (Wildman–Crippen MR) is 127 cm³/mol. The van der Waals surface area contributed by atoms with Crippen LogP contribution in [0.5, 0.6) is 0 Å². The third kappa shape index (κ3) is 6.83. The lowest BCUT2D eigenvalue weighted by molar-refractivity contribution is 0.0705. The van der Waals surface area contributed by atoms with Crippen LogP contribution in [-0.2, 0) is 0 Å². The van der Waals surface area contributed by atoms with Crippen molar-refractivity contribution in [3.05, 3.63) is 65.2 Å². The zero-order valence-corrected chi connectivity index (χ0v) is 18.4. The zero-order chi connectivity index (χ0) is 23.5. The topological polar surface area (TPSA) is 120 Å². The van der Waals surface area contributed by atoms with Gasteiger partial charge in [0.25, 0.3) is 5.91 Å². The normalized spacial score (nSPS) is 12.8. The Morgan fingerprint density at radius 2 is 2.16 bits per heavy atom. The molecule has 1 heterocycles. The van der Waals surface area contributed by atoms with Gasteiger partial charge in [0.2, 0.25) is 0 Å². The fraction of sp³-hybridized carbons (Fsp3) is 0.261. The molecular formula is C23H28FN7O. The van der Waals surface area contributed by atoms with E-state index in [9.17, 15) is 9.18 Å². The molecule has 2 aromatic rings. The summed E-state index contributed by atoms with van der Waals surface area (Å²) >= 11 is 0. The maximum absolute atomic E-state index is 13.4. The van der Waals surface area contributed by atoms with Crippen LogP contribution < -0.4 is 11.2 Å². The molecule has 4 N–H and O–H groups in total. The van der Waals surface area contributed by atoms with E-state index in [4.69, 9.17) is 11.1 Å². The van der Waals surface area contributed by atoms with E-state index in [-0.39, 0.29) is 11.9 Å². The standard InChI is InChI=1S/C23H28FN7O/c1-4-31(23(32)20-11-16(2)5-7-21(20)30-29-10-9-25)17(3)12-18(13-26)14-27-22-8-6-19(24)15-28-22/h5-11,13-15,17,25,30H,4,12,26H2,1-3H3/b18-13?,25-9?,27-14?,29-10-. The Bertz CT molecular complexity index is 1020. The molecule has 9 heteroatoms. The molecule has 32 heavy (non-hydrogen) atoms. The Labute approximate surface area is 187 Å². The minimum atomic E-state index is -0.433. The molecule has 0 fully saturated rings. The van der Waals surface area contributed by atoms with Gasteiger partial charge in [0.05, 0.1) is 23.7 Å². The number of nitrogens with two attached hydrogens (primary N) is 1. The third-order valence-corrected chi connectivity index (χ3v) is 4.69. The summed E-state index contributed by atoms with van der Waals surface area (Å²) in [5.41, 5.74) is 11.3. The lowest BCUT2D eigenvalue weighted by atomic mass is 10.0. The predicted octanol–water partition coefficient (Wildman–Crippen LogP) is 4.06. The Kier molecular flexibility index (Phi) is 9.22. The van der Waals surface area contributed by atoms with Gasteiger partial charge >= 0.3 is 0 Å². The fourth-order valence-corrected chi connectivity index (χ4v) is 3.10. The van der Waals surface area contributed by atoms with E-state index in [0.29, 0.717) is 35.6 Å². The smallest absolute Gasteiger partial charge is 0.256 e. The molecule has 1 atom stereocenters. The molecule has 1 aromatic carbocycles. The second-order valence-electron chi connectivity index (χ2n) is 7.08. The van der Waals surface area contributed by atoms with Gasteiger partial charge in [-0.1, -0.05) is 11.6 Å². The second-order valence-corrected chi connectivity index (χ2v) is 7.08. The Morgan fingerprint density at radius 1 is 1.38 bits per heavy atom. The molecule has 1 amide bonds. The van der Waals surface area contributed by atoms with Crippen LogP contribution >= 0.6 is 0 Å². The van der Waals surface area contributed by atoms with Crippen LogP contribution in [0.25, 0.3) is 0 Å². The summed E-state index contributed by atoms with van der Waals surface area (Å²) in [5, 5.41) is 11.0. The fourth-order valence-electron chi connectivity index (χ4n) is 3.10. The summed E-state index contributed by atoms with van der Waals surface area (Å²) in [5.74, 6) is -0.217. The van der Waals surface area contributed by atoms with Crippen molar-refractivity contribution < 1.29 is 9.18 Å². The summed E-state index contributed by atoms with van der Waals surface area (Å²) in [4.78, 5) is 23.2. The zero-order valence-electron chi connectivity index (χ0n) is 18.4. The van der Waals surface area contributed by atoms with Gasteiger partial charge in [-0.15, -0.1) is 0 Å². The number of anilines is 1. The molecule has 0 radical (unpaired) electrons. The number of pyridine rings is 1. The van der Waals surface area contributed by atoms with Crippen LogP contribution in [0.4, 0.5) is 15.9 Å². The number of hydrogen-bond donors (Lipinski definition) is 3. The largest absolute Gasteiger partial charge is 0.404 e. The first-order chi connectivity index (χ1) is 15.4. The number of aryl methyl sites for hydroxylation is 1. The van der Waals surface area contributed by atoms with Crippen LogP contribution in [0.15, 0.2) is 58.4 Å². The first-order valence-corrected chi connectivity index (χ1v) is 10.2. The van der Waals surface area contributed by atoms with Crippen molar-refractivity contribution in [3.63, 3.8) is 0 Å². The molecule has 8 nitrogen and oxygen atoms in total.